The lowest BCUT2D eigenvalue weighted by Crippen LogP contribution is -1.98. The van der Waals surface area contributed by atoms with Crippen LogP contribution in [0.2, 0.25) is 0 Å². The van der Waals surface area contributed by atoms with Gasteiger partial charge >= 0.3 is 0 Å². The highest BCUT2D eigenvalue weighted by Gasteiger charge is 2.21. The topological polar surface area (TPSA) is 46.5 Å². The highest BCUT2D eigenvalue weighted by atomic mass is 15.3. The molecule has 1 saturated carbocycles. The Kier molecular flexibility index (Phi) is 2.66. The molecular formula is C16H16N4. The molecule has 100 valence electrons. The number of H-pyrrole nitrogens is 1. The van der Waals surface area contributed by atoms with Gasteiger partial charge in [-0.25, -0.2) is 0 Å². The third kappa shape index (κ3) is 2.25. The van der Waals surface area contributed by atoms with Crippen LogP contribution in [0.3, 0.4) is 0 Å². The number of hydrogen-bond donors (Lipinski definition) is 1. The van der Waals surface area contributed by atoms with Crippen LogP contribution in [-0.2, 0) is 6.54 Å². The van der Waals surface area contributed by atoms with Crippen LogP contribution in [-0.4, -0.2) is 20.0 Å². The number of aromatic amines is 1. The van der Waals surface area contributed by atoms with Crippen molar-refractivity contribution in [2.24, 2.45) is 5.92 Å². The minimum atomic E-state index is 0.852. The van der Waals surface area contributed by atoms with Crippen molar-refractivity contribution in [3.05, 3.63) is 48.9 Å². The molecule has 1 fully saturated rings. The van der Waals surface area contributed by atoms with E-state index in [0.29, 0.717) is 0 Å². The van der Waals surface area contributed by atoms with Gasteiger partial charge in [-0.1, -0.05) is 24.3 Å². The second kappa shape index (κ2) is 4.63. The average molecular weight is 264 g/mol. The largest absolute Gasteiger partial charge is 0.278 e. The lowest BCUT2D eigenvalue weighted by Gasteiger charge is -2.01. The molecule has 3 aromatic rings. The fraction of sp³-hybridized carbons (Fsp3) is 0.250. The molecule has 1 N–H and O–H groups in total. The summed E-state index contributed by atoms with van der Waals surface area (Å²) < 4.78 is 2.07. The summed E-state index contributed by atoms with van der Waals surface area (Å²) in [5.41, 5.74) is 4.58. The first kappa shape index (κ1) is 11.5. The van der Waals surface area contributed by atoms with E-state index in [-0.39, 0.29) is 0 Å². The molecule has 4 heteroatoms. The van der Waals surface area contributed by atoms with Crippen LogP contribution in [0.1, 0.15) is 12.8 Å². The van der Waals surface area contributed by atoms with Crippen molar-refractivity contribution < 1.29 is 0 Å². The molecule has 4 nitrogen and oxygen atoms in total. The van der Waals surface area contributed by atoms with Gasteiger partial charge in [0.2, 0.25) is 0 Å². The molecule has 0 spiro atoms. The molecule has 0 unspecified atom stereocenters. The van der Waals surface area contributed by atoms with Crippen molar-refractivity contribution in [1.29, 1.82) is 0 Å². The fourth-order valence-electron chi connectivity index (χ4n) is 2.44. The third-order valence-electron chi connectivity index (χ3n) is 3.81. The van der Waals surface area contributed by atoms with Crippen molar-refractivity contribution in [3.63, 3.8) is 0 Å². The molecule has 20 heavy (non-hydrogen) atoms. The normalized spacial score (nSPS) is 14.6. The predicted octanol–water partition coefficient (Wildman–Crippen LogP) is 3.35. The second-order valence-electron chi connectivity index (χ2n) is 5.44. The first-order valence-corrected chi connectivity index (χ1v) is 7.01. The maximum atomic E-state index is 4.45. The number of rotatable bonds is 4. The average Bonchev–Trinajstić information content (AvgIpc) is 2.96. The summed E-state index contributed by atoms with van der Waals surface area (Å²) in [6, 6.07) is 10.5. The maximum Gasteiger partial charge on any atom is 0.0650 e. The van der Waals surface area contributed by atoms with Crippen molar-refractivity contribution in [3.8, 4) is 22.4 Å². The third-order valence-corrected chi connectivity index (χ3v) is 3.81. The minimum Gasteiger partial charge on any atom is -0.278 e. The van der Waals surface area contributed by atoms with E-state index in [4.69, 9.17) is 0 Å². The van der Waals surface area contributed by atoms with E-state index in [0.717, 1.165) is 23.7 Å². The Bertz CT molecular complexity index is 690. The van der Waals surface area contributed by atoms with E-state index >= 15 is 0 Å². The van der Waals surface area contributed by atoms with E-state index in [1.807, 2.05) is 12.3 Å². The zero-order valence-electron chi connectivity index (χ0n) is 11.2. The summed E-state index contributed by atoms with van der Waals surface area (Å²) in [4.78, 5) is 0. The highest BCUT2D eigenvalue weighted by Crippen LogP contribution is 2.31. The molecule has 2 aromatic heterocycles. The summed E-state index contributed by atoms with van der Waals surface area (Å²) in [6.07, 6.45) is 8.57. The Morgan fingerprint density at radius 3 is 2.55 bits per heavy atom. The zero-order chi connectivity index (χ0) is 13.4. The van der Waals surface area contributed by atoms with Crippen LogP contribution >= 0.6 is 0 Å². The SMILES string of the molecule is c1cc(-c2ccc(-c3cnn(CC4CC4)c3)cc2)[nH]n1. The number of hydrogen-bond acceptors (Lipinski definition) is 2. The number of benzene rings is 1. The molecule has 1 aromatic carbocycles. The van der Waals surface area contributed by atoms with Gasteiger partial charge in [-0.3, -0.25) is 9.78 Å². The van der Waals surface area contributed by atoms with E-state index in [9.17, 15) is 0 Å². The molecule has 0 bridgehead atoms. The van der Waals surface area contributed by atoms with Crippen LogP contribution in [0.5, 0.6) is 0 Å². The molecule has 1 aliphatic rings. The van der Waals surface area contributed by atoms with Crippen LogP contribution in [0.25, 0.3) is 22.4 Å². The summed E-state index contributed by atoms with van der Waals surface area (Å²) >= 11 is 0. The van der Waals surface area contributed by atoms with Gasteiger partial charge in [0.05, 0.1) is 11.9 Å². The first-order chi connectivity index (χ1) is 9.88. The van der Waals surface area contributed by atoms with E-state index in [1.54, 1.807) is 6.20 Å². The summed E-state index contributed by atoms with van der Waals surface area (Å²) in [6.45, 7) is 1.06. The van der Waals surface area contributed by atoms with Crippen molar-refractivity contribution in [2.45, 2.75) is 19.4 Å². The van der Waals surface area contributed by atoms with Crippen LogP contribution in [0.4, 0.5) is 0 Å². The van der Waals surface area contributed by atoms with E-state index in [1.165, 1.54) is 24.0 Å². The monoisotopic (exact) mass is 264 g/mol. The molecule has 2 heterocycles. The van der Waals surface area contributed by atoms with Gasteiger partial charge in [-0.2, -0.15) is 10.2 Å². The number of nitrogens with one attached hydrogen (secondary N) is 1. The lowest BCUT2D eigenvalue weighted by atomic mass is 10.1. The van der Waals surface area contributed by atoms with Gasteiger partial charge in [-0.05, 0) is 36.0 Å². The molecular weight excluding hydrogens is 248 g/mol. The molecule has 4 rings (SSSR count). The lowest BCUT2D eigenvalue weighted by molar-refractivity contribution is 0.563. The van der Waals surface area contributed by atoms with Crippen molar-refractivity contribution in [2.75, 3.05) is 0 Å². The molecule has 0 amide bonds. The Balaban J connectivity index is 1.57. The maximum absolute atomic E-state index is 4.45. The standard InChI is InChI=1S/C16H16N4/c1-2-12(1)10-20-11-15(9-18-20)13-3-5-14(6-4-13)16-7-8-17-19-16/h3-9,11-12H,1-2,10H2,(H,17,19). The number of nitrogens with zero attached hydrogens (tertiary/aromatic N) is 3. The van der Waals surface area contributed by atoms with Gasteiger partial charge in [0.25, 0.3) is 0 Å². The Hall–Kier alpha value is -2.36. The van der Waals surface area contributed by atoms with E-state index < -0.39 is 0 Å². The van der Waals surface area contributed by atoms with Gasteiger partial charge < -0.3 is 0 Å². The van der Waals surface area contributed by atoms with Crippen molar-refractivity contribution in [1.82, 2.24) is 20.0 Å². The summed E-state index contributed by atoms with van der Waals surface area (Å²) in [7, 11) is 0. The van der Waals surface area contributed by atoms with Crippen molar-refractivity contribution >= 4 is 0 Å². The molecule has 0 saturated heterocycles. The minimum absolute atomic E-state index is 0.852. The zero-order valence-corrected chi connectivity index (χ0v) is 11.2. The second-order valence-corrected chi connectivity index (χ2v) is 5.44. The van der Waals surface area contributed by atoms with Crippen LogP contribution in [0.15, 0.2) is 48.9 Å². The van der Waals surface area contributed by atoms with Gasteiger partial charge in [0.15, 0.2) is 0 Å². The van der Waals surface area contributed by atoms with Crippen LogP contribution in [0, 0.1) is 5.92 Å². The molecule has 0 aliphatic heterocycles. The Morgan fingerprint density at radius 1 is 1.05 bits per heavy atom. The quantitative estimate of drug-likeness (QED) is 0.785. The highest BCUT2D eigenvalue weighted by molar-refractivity contribution is 5.67. The van der Waals surface area contributed by atoms with Crippen LogP contribution < -0.4 is 0 Å². The molecule has 1 aliphatic carbocycles. The first-order valence-electron chi connectivity index (χ1n) is 7.01. The summed E-state index contributed by atoms with van der Waals surface area (Å²) in [5.74, 6) is 0.852. The fourth-order valence-corrected chi connectivity index (χ4v) is 2.44. The summed E-state index contributed by atoms with van der Waals surface area (Å²) in [5, 5.41) is 11.4. The molecule has 0 radical (unpaired) electrons. The van der Waals surface area contributed by atoms with Gasteiger partial charge in [0, 0.05) is 24.5 Å². The molecule has 0 atom stereocenters. The van der Waals surface area contributed by atoms with E-state index in [2.05, 4.69) is 50.4 Å². The Morgan fingerprint density at radius 2 is 1.85 bits per heavy atom. The van der Waals surface area contributed by atoms with Gasteiger partial charge in [-0.15, -0.1) is 0 Å². The van der Waals surface area contributed by atoms with Gasteiger partial charge in [0.1, 0.15) is 0 Å². The Labute approximate surface area is 117 Å². The predicted molar refractivity (Wildman–Crippen MR) is 78.0 cm³/mol. The smallest absolute Gasteiger partial charge is 0.0650 e. The number of aromatic nitrogens is 4.